The molecule has 0 bridgehead atoms. The molecule has 15 rings (SSSR count). The number of rotatable bonds is 10. The second kappa shape index (κ2) is 19.4. The van der Waals surface area contributed by atoms with Crippen molar-refractivity contribution in [3.05, 3.63) is 285 Å². The summed E-state index contributed by atoms with van der Waals surface area (Å²) in [5, 5.41) is 6.53. The van der Waals surface area contributed by atoms with Gasteiger partial charge in [-0.3, -0.25) is 19.9 Å². The predicted octanol–water partition coefficient (Wildman–Crippen LogP) is 19.2. The zero-order valence-corrected chi connectivity index (χ0v) is 43.7. The molecule has 0 fully saturated rings. The van der Waals surface area contributed by atoms with Gasteiger partial charge in [-0.2, -0.15) is 0 Å². The molecule has 7 heteroatoms. The summed E-state index contributed by atoms with van der Waals surface area (Å²) in [6.45, 7) is 2.22. The van der Waals surface area contributed by atoms with E-state index in [0.717, 1.165) is 144 Å². The molecule has 0 amide bonds. The summed E-state index contributed by atoms with van der Waals surface area (Å²) in [5.74, 6) is 0. The van der Waals surface area contributed by atoms with Gasteiger partial charge in [0.2, 0.25) is 0 Å². The number of benzene rings is 10. The van der Waals surface area contributed by atoms with Gasteiger partial charge in [-0.05, 0) is 168 Å². The maximum absolute atomic E-state index is 5.09. The molecule has 0 aliphatic carbocycles. The lowest BCUT2D eigenvalue weighted by atomic mass is 9.88. The van der Waals surface area contributed by atoms with Gasteiger partial charge in [0.1, 0.15) is 0 Å². The molecule has 5 heterocycles. The summed E-state index contributed by atoms with van der Waals surface area (Å²) >= 11 is 0. The third kappa shape index (κ3) is 8.07. The first-order valence-corrected chi connectivity index (χ1v) is 27.0. The molecule has 0 N–H and O–H groups in total. The summed E-state index contributed by atoms with van der Waals surface area (Å²) in [5.41, 5.74) is 21.0. The van der Waals surface area contributed by atoms with Crippen LogP contribution in [0.5, 0.6) is 0 Å². The van der Waals surface area contributed by atoms with Crippen molar-refractivity contribution in [3.63, 3.8) is 0 Å². The number of pyridine rings is 4. The monoisotopic (exact) mass is 1020 g/mol. The third-order valence-corrected chi connectivity index (χ3v) is 15.6. The summed E-state index contributed by atoms with van der Waals surface area (Å²) in [6, 6.07) is 91.2. The molecule has 0 radical (unpaired) electrons. The molecule has 376 valence electrons. The van der Waals surface area contributed by atoms with Crippen LogP contribution in [0.4, 0.5) is 34.1 Å². The van der Waals surface area contributed by atoms with Gasteiger partial charge < -0.3 is 14.4 Å². The van der Waals surface area contributed by atoms with Crippen molar-refractivity contribution < 1.29 is 0 Å². The fraction of sp³-hybridized carbons (Fsp3) is 0.0137. The van der Waals surface area contributed by atoms with E-state index in [0.29, 0.717) is 0 Å². The minimum atomic E-state index is 0.892. The van der Waals surface area contributed by atoms with E-state index in [4.69, 9.17) is 19.9 Å². The molecular weight excluding hydrogens is 975 g/mol. The third-order valence-electron chi connectivity index (χ3n) is 15.6. The van der Waals surface area contributed by atoms with E-state index in [2.05, 4.69) is 264 Å². The van der Waals surface area contributed by atoms with Gasteiger partial charge in [0, 0.05) is 108 Å². The highest BCUT2D eigenvalue weighted by Crippen LogP contribution is 2.44. The Morgan fingerprint density at radius 2 is 0.700 bits per heavy atom. The number of fused-ring (bicyclic) bond motifs is 9. The molecule has 0 atom stereocenters. The lowest BCUT2D eigenvalue weighted by Gasteiger charge is -2.26. The number of hydrogen-bond acceptors (Lipinski definition) is 6. The SMILES string of the molecule is Cc1c(-c2cnc3c(ccc4cccnc43)c2)cc(-c2ccc(-n3c4ccc(N(c5ccccc5)c5ccccc5)cc4c4cc(N(c5ccccc5)c5ccccc5)ccc43)cc2)cc1-c1cnc2c(ccc3cccnc32)c1. The van der Waals surface area contributed by atoms with Gasteiger partial charge in [-0.1, -0.05) is 121 Å². The standard InChI is InChI=1S/C73H49N7/c1-48-64(55-40-52-28-26-50-16-14-38-74-70(50)72(52)76-46-55)42-54(43-65(48)56-41-53-29-27-51-17-15-39-75-71(51)73(53)77-47-56)49-30-32-61(33-31-49)80-68-36-34-62(78(57-18-6-2-7-19-57)58-20-8-3-9-21-58)44-66(68)67-45-63(35-37-69(67)80)79(59-22-10-4-11-23-59)60-24-12-5-13-25-60/h2-47H,1H3. The number of aromatic nitrogens is 5. The Labute approximate surface area is 462 Å². The summed E-state index contributed by atoms with van der Waals surface area (Å²) < 4.78 is 2.41. The van der Waals surface area contributed by atoms with E-state index < -0.39 is 0 Å². The Bertz CT molecular complexity index is 4470. The number of anilines is 6. The highest BCUT2D eigenvalue weighted by atomic mass is 15.1. The topological polar surface area (TPSA) is 63.0 Å². The molecule has 0 spiro atoms. The fourth-order valence-electron chi connectivity index (χ4n) is 11.8. The number of nitrogens with zero attached hydrogens (tertiary/aromatic N) is 7. The molecule has 10 aromatic carbocycles. The largest absolute Gasteiger partial charge is 0.310 e. The van der Waals surface area contributed by atoms with Crippen molar-refractivity contribution in [2.24, 2.45) is 0 Å². The van der Waals surface area contributed by atoms with Gasteiger partial charge in [-0.15, -0.1) is 0 Å². The van der Waals surface area contributed by atoms with Crippen molar-refractivity contribution in [1.29, 1.82) is 0 Å². The quantitative estimate of drug-likeness (QED) is 0.127. The van der Waals surface area contributed by atoms with Gasteiger partial charge in [0.15, 0.2) is 0 Å². The second-order valence-corrected chi connectivity index (χ2v) is 20.4. The molecule has 0 aliphatic rings. The molecule has 0 saturated carbocycles. The minimum Gasteiger partial charge on any atom is -0.310 e. The van der Waals surface area contributed by atoms with Crippen molar-refractivity contribution in [2.75, 3.05) is 9.80 Å². The van der Waals surface area contributed by atoms with Crippen molar-refractivity contribution >= 4 is 99.5 Å². The first-order valence-electron chi connectivity index (χ1n) is 27.0. The maximum Gasteiger partial charge on any atom is 0.0964 e. The Hall–Kier alpha value is -10.8. The van der Waals surface area contributed by atoms with Gasteiger partial charge in [0.25, 0.3) is 0 Å². The van der Waals surface area contributed by atoms with Crippen LogP contribution < -0.4 is 9.80 Å². The van der Waals surface area contributed by atoms with E-state index in [1.54, 1.807) is 0 Å². The highest BCUT2D eigenvalue weighted by Gasteiger charge is 2.21. The summed E-state index contributed by atoms with van der Waals surface area (Å²) in [7, 11) is 0. The first-order chi connectivity index (χ1) is 39.6. The summed E-state index contributed by atoms with van der Waals surface area (Å²) in [6.07, 6.45) is 7.68. The van der Waals surface area contributed by atoms with E-state index in [1.165, 1.54) is 0 Å². The number of hydrogen-bond donors (Lipinski definition) is 0. The minimum absolute atomic E-state index is 0.892. The van der Waals surface area contributed by atoms with E-state index >= 15 is 0 Å². The lowest BCUT2D eigenvalue weighted by molar-refractivity contribution is 1.18. The van der Waals surface area contributed by atoms with Gasteiger partial charge >= 0.3 is 0 Å². The van der Waals surface area contributed by atoms with Crippen molar-refractivity contribution in [3.8, 4) is 39.1 Å². The maximum atomic E-state index is 5.09. The van der Waals surface area contributed by atoms with Crippen LogP contribution in [0.1, 0.15) is 5.56 Å². The first kappa shape index (κ1) is 46.5. The molecule has 0 saturated heterocycles. The highest BCUT2D eigenvalue weighted by molar-refractivity contribution is 6.12. The van der Waals surface area contributed by atoms with E-state index in [-0.39, 0.29) is 0 Å². The van der Waals surface area contributed by atoms with Crippen molar-refractivity contribution in [1.82, 2.24) is 24.5 Å². The van der Waals surface area contributed by atoms with Crippen LogP contribution in [0.3, 0.4) is 0 Å². The predicted molar refractivity (Wildman–Crippen MR) is 332 cm³/mol. The second-order valence-electron chi connectivity index (χ2n) is 20.4. The van der Waals surface area contributed by atoms with Gasteiger partial charge in [0.05, 0.1) is 33.1 Å². The Morgan fingerprint density at radius 1 is 0.300 bits per heavy atom. The average Bonchev–Trinajstić information content (AvgIpc) is 4.04. The molecule has 15 aromatic rings. The number of para-hydroxylation sites is 4. The molecular formula is C73H49N7. The van der Waals surface area contributed by atoms with Crippen LogP contribution in [0.2, 0.25) is 0 Å². The van der Waals surface area contributed by atoms with Crippen LogP contribution in [0.15, 0.2) is 280 Å². The lowest BCUT2D eigenvalue weighted by Crippen LogP contribution is -2.09. The van der Waals surface area contributed by atoms with E-state index in [9.17, 15) is 0 Å². The molecule has 0 unspecified atom stereocenters. The van der Waals surface area contributed by atoms with E-state index in [1.807, 2.05) is 36.9 Å². The zero-order chi connectivity index (χ0) is 53.1. The normalized spacial score (nSPS) is 11.6. The van der Waals surface area contributed by atoms with Crippen LogP contribution in [-0.2, 0) is 0 Å². The average molecular weight is 1020 g/mol. The van der Waals surface area contributed by atoms with Crippen LogP contribution in [0.25, 0.3) is 104 Å². The molecule has 5 aromatic heterocycles. The van der Waals surface area contributed by atoms with Crippen LogP contribution in [-0.4, -0.2) is 24.5 Å². The Morgan fingerprint density at radius 3 is 1.12 bits per heavy atom. The summed E-state index contributed by atoms with van der Waals surface area (Å²) in [4.78, 5) is 24.3. The smallest absolute Gasteiger partial charge is 0.0964 e. The Balaban J connectivity index is 0.899. The Kier molecular flexibility index (Phi) is 11.3. The molecule has 0 aliphatic heterocycles. The van der Waals surface area contributed by atoms with Crippen molar-refractivity contribution in [2.45, 2.75) is 6.92 Å². The molecule has 80 heavy (non-hydrogen) atoms. The molecule has 7 nitrogen and oxygen atoms in total. The fourth-order valence-corrected chi connectivity index (χ4v) is 11.8. The van der Waals surface area contributed by atoms with Crippen LogP contribution >= 0.6 is 0 Å². The zero-order valence-electron chi connectivity index (χ0n) is 43.7. The van der Waals surface area contributed by atoms with Crippen LogP contribution in [0, 0.1) is 6.92 Å². The van der Waals surface area contributed by atoms with Gasteiger partial charge in [-0.25, -0.2) is 0 Å².